The largest absolute Gasteiger partial charge is 0.493 e. The van der Waals surface area contributed by atoms with Crippen molar-refractivity contribution in [1.29, 1.82) is 0 Å². The molecule has 2 aromatic rings. The molecule has 0 radical (unpaired) electrons. The summed E-state index contributed by atoms with van der Waals surface area (Å²) < 4.78 is 10.6. The first kappa shape index (κ1) is 16.2. The summed E-state index contributed by atoms with van der Waals surface area (Å²) in [5, 5.41) is 0.670. The first-order valence-electron chi connectivity index (χ1n) is 6.66. The number of methoxy groups -OCH3 is 2. The molecule has 0 aliphatic carbocycles. The second-order valence-electron chi connectivity index (χ2n) is 4.83. The van der Waals surface area contributed by atoms with E-state index >= 15 is 0 Å². The number of halogens is 2. The first-order valence-corrected chi connectivity index (χ1v) is 7.96. The average Bonchev–Trinajstić information content (AvgIpc) is 2.49. The van der Waals surface area contributed by atoms with Gasteiger partial charge in [-0.05, 0) is 36.1 Å². The van der Waals surface area contributed by atoms with Gasteiger partial charge in [0.15, 0.2) is 11.5 Å². The molecule has 4 heteroatoms. The normalized spacial score (nSPS) is 12.0. The Balaban J connectivity index is 2.31. The van der Waals surface area contributed by atoms with Crippen molar-refractivity contribution in [2.75, 3.05) is 14.2 Å². The summed E-state index contributed by atoms with van der Waals surface area (Å²) in [6.45, 7) is 2.12. The first-order chi connectivity index (χ1) is 10.1. The predicted octanol–water partition coefficient (Wildman–Crippen LogP) is 5.34. The number of alkyl halides is 1. The van der Waals surface area contributed by atoms with Crippen molar-refractivity contribution in [3.05, 3.63) is 58.1 Å². The molecular formula is C17H18BrClO2. The highest BCUT2D eigenvalue weighted by molar-refractivity contribution is 9.09. The summed E-state index contributed by atoms with van der Waals surface area (Å²) in [7, 11) is 3.23. The number of rotatable bonds is 5. The molecule has 2 aromatic carbocycles. The van der Waals surface area contributed by atoms with E-state index < -0.39 is 0 Å². The lowest BCUT2D eigenvalue weighted by Crippen LogP contribution is -2.00. The Bertz CT molecular complexity index is 628. The Morgan fingerprint density at radius 1 is 1.10 bits per heavy atom. The lowest BCUT2D eigenvalue weighted by Gasteiger charge is -2.16. The molecule has 0 N–H and O–H groups in total. The van der Waals surface area contributed by atoms with Crippen LogP contribution in [0.5, 0.6) is 11.5 Å². The summed E-state index contributed by atoms with van der Waals surface area (Å²) in [4.78, 5) is 0.117. The fourth-order valence-corrected chi connectivity index (χ4v) is 3.40. The molecule has 2 rings (SSSR count). The fraction of sp³-hybridized carbons (Fsp3) is 0.294. The molecule has 2 nitrogen and oxygen atoms in total. The number of ether oxygens (including phenoxy) is 2. The smallest absolute Gasteiger partial charge is 0.162 e. The number of aryl methyl sites for hydroxylation is 1. The van der Waals surface area contributed by atoms with Gasteiger partial charge in [-0.25, -0.2) is 0 Å². The molecule has 1 unspecified atom stereocenters. The van der Waals surface area contributed by atoms with Crippen molar-refractivity contribution in [1.82, 2.24) is 0 Å². The third kappa shape index (κ3) is 3.72. The van der Waals surface area contributed by atoms with Crippen LogP contribution in [-0.2, 0) is 6.42 Å². The average molecular weight is 370 g/mol. The van der Waals surface area contributed by atoms with E-state index in [4.69, 9.17) is 21.1 Å². The van der Waals surface area contributed by atoms with Gasteiger partial charge in [0.05, 0.1) is 14.2 Å². The number of hydrogen-bond acceptors (Lipinski definition) is 2. The van der Waals surface area contributed by atoms with Crippen LogP contribution in [0, 0.1) is 6.92 Å². The molecular weight excluding hydrogens is 352 g/mol. The molecule has 0 spiro atoms. The minimum Gasteiger partial charge on any atom is -0.493 e. The zero-order valence-electron chi connectivity index (χ0n) is 12.3. The van der Waals surface area contributed by atoms with E-state index in [2.05, 4.69) is 41.1 Å². The molecule has 0 heterocycles. The third-order valence-corrected chi connectivity index (χ3v) is 4.65. The molecule has 0 saturated carbocycles. The summed E-state index contributed by atoms with van der Waals surface area (Å²) in [6.07, 6.45) is 0.863. The quantitative estimate of drug-likeness (QED) is 0.662. The van der Waals surface area contributed by atoms with Gasteiger partial charge < -0.3 is 9.47 Å². The Hall–Kier alpha value is -1.19. The van der Waals surface area contributed by atoms with Crippen LogP contribution in [0.1, 0.15) is 21.5 Å². The van der Waals surface area contributed by atoms with Crippen LogP contribution in [0.15, 0.2) is 36.4 Å². The van der Waals surface area contributed by atoms with Crippen LogP contribution in [0.25, 0.3) is 0 Å². The molecule has 21 heavy (non-hydrogen) atoms. The third-order valence-electron chi connectivity index (χ3n) is 3.50. The molecule has 0 aromatic heterocycles. The predicted molar refractivity (Wildman–Crippen MR) is 91.1 cm³/mol. The maximum Gasteiger partial charge on any atom is 0.162 e. The van der Waals surface area contributed by atoms with Gasteiger partial charge in [-0.3, -0.25) is 0 Å². The van der Waals surface area contributed by atoms with Crippen LogP contribution in [0.2, 0.25) is 5.02 Å². The topological polar surface area (TPSA) is 18.5 Å². The van der Waals surface area contributed by atoms with Crippen LogP contribution in [0.3, 0.4) is 0 Å². The minimum atomic E-state index is 0.117. The van der Waals surface area contributed by atoms with Crippen molar-refractivity contribution in [2.24, 2.45) is 0 Å². The van der Waals surface area contributed by atoms with Crippen molar-refractivity contribution < 1.29 is 9.47 Å². The van der Waals surface area contributed by atoms with Gasteiger partial charge in [-0.2, -0.15) is 0 Å². The molecule has 0 amide bonds. The number of benzene rings is 2. The van der Waals surface area contributed by atoms with Gasteiger partial charge in [0, 0.05) is 15.9 Å². The second-order valence-corrected chi connectivity index (χ2v) is 6.34. The van der Waals surface area contributed by atoms with E-state index in [9.17, 15) is 0 Å². The van der Waals surface area contributed by atoms with Crippen LogP contribution < -0.4 is 9.47 Å². The molecule has 0 fully saturated rings. The van der Waals surface area contributed by atoms with Gasteiger partial charge in [0.1, 0.15) is 0 Å². The lowest BCUT2D eigenvalue weighted by molar-refractivity contribution is 0.354. The van der Waals surface area contributed by atoms with Crippen LogP contribution in [-0.4, -0.2) is 14.2 Å². The maximum atomic E-state index is 6.37. The Morgan fingerprint density at radius 2 is 1.71 bits per heavy atom. The molecule has 0 saturated heterocycles. The molecule has 0 bridgehead atoms. The summed E-state index contributed by atoms with van der Waals surface area (Å²) in [5.74, 6) is 1.33. The molecule has 0 aliphatic rings. The van der Waals surface area contributed by atoms with Gasteiger partial charge in [-0.1, -0.05) is 51.8 Å². The van der Waals surface area contributed by atoms with Crippen LogP contribution in [0.4, 0.5) is 0 Å². The van der Waals surface area contributed by atoms with Crippen molar-refractivity contribution in [3.63, 3.8) is 0 Å². The van der Waals surface area contributed by atoms with E-state index in [-0.39, 0.29) is 4.83 Å². The summed E-state index contributed by atoms with van der Waals surface area (Å²) >= 11 is 10.1. The van der Waals surface area contributed by atoms with Crippen LogP contribution >= 0.6 is 27.5 Å². The van der Waals surface area contributed by atoms with Gasteiger partial charge >= 0.3 is 0 Å². The van der Waals surface area contributed by atoms with Crippen molar-refractivity contribution in [2.45, 2.75) is 18.2 Å². The Morgan fingerprint density at radius 3 is 2.33 bits per heavy atom. The van der Waals surface area contributed by atoms with Gasteiger partial charge in [-0.15, -0.1) is 0 Å². The Labute approximate surface area is 139 Å². The maximum absolute atomic E-state index is 6.37. The van der Waals surface area contributed by atoms with E-state index in [0.717, 1.165) is 12.0 Å². The summed E-state index contributed by atoms with van der Waals surface area (Å²) in [5.41, 5.74) is 3.57. The highest BCUT2D eigenvalue weighted by atomic mass is 79.9. The second kappa shape index (κ2) is 7.19. The van der Waals surface area contributed by atoms with E-state index in [1.54, 1.807) is 20.3 Å². The van der Waals surface area contributed by atoms with Crippen molar-refractivity contribution in [3.8, 4) is 11.5 Å². The van der Waals surface area contributed by atoms with E-state index in [0.29, 0.717) is 16.5 Å². The van der Waals surface area contributed by atoms with Gasteiger partial charge in [0.2, 0.25) is 0 Å². The Kier molecular flexibility index (Phi) is 5.54. The summed E-state index contributed by atoms with van der Waals surface area (Å²) in [6, 6.07) is 12.1. The van der Waals surface area contributed by atoms with E-state index in [1.807, 2.05) is 12.1 Å². The SMILES string of the molecule is COc1cc(Cl)c(C(Br)Cc2ccccc2C)cc1OC. The monoisotopic (exact) mass is 368 g/mol. The lowest BCUT2D eigenvalue weighted by atomic mass is 10.00. The zero-order chi connectivity index (χ0) is 15.4. The molecule has 0 aliphatic heterocycles. The highest BCUT2D eigenvalue weighted by Gasteiger charge is 2.17. The highest BCUT2D eigenvalue weighted by Crippen LogP contribution is 2.40. The van der Waals surface area contributed by atoms with E-state index in [1.165, 1.54) is 11.1 Å². The fourth-order valence-electron chi connectivity index (χ4n) is 2.25. The zero-order valence-corrected chi connectivity index (χ0v) is 14.7. The van der Waals surface area contributed by atoms with Crippen molar-refractivity contribution >= 4 is 27.5 Å². The minimum absolute atomic E-state index is 0.117. The standard InChI is InChI=1S/C17H18BrClO2/c1-11-6-4-5-7-12(11)8-14(18)13-9-16(20-2)17(21-3)10-15(13)19/h4-7,9-10,14H,8H2,1-3H3. The molecule has 112 valence electrons. The van der Waals surface area contributed by atoms with Gasteiger partial charge in [0.25, 0.3) is 0 Å². The molecule has 1 atom stereocenters. The number of hydrogen-bond donors (Lipinski definition) is 0.